The second kappa shape index (κ2) is 10.1. The minimum atomic E-state index is -1.06. The summed E-state index contributed by atoms with van der Waals surface area (Å²) in [6, 6.07) is 17.0. The van der Waals surface area contributed by atoms with Crippen LogP contribution in [0.5, 0.6) is 5.75 Å². The lowest BCUT2D eigenvalue weighted by Gasteiger charge is -2.35. The number of hydrogen-bond donors (Lipinski definition) is 0. The van der Waals surface area contributed by atoms with Gasteiger partial charge in [0.25, 0.3) is 0 Å². The van der Waals surface area contributed by atoms with Crippen molar-refractivity contribution < 1.29 is 23.7 Å². The summed E-state index contributed by atoms with van der Waals surface area (Å²) in [5, 5.41) is 0. The van der Waals surface area contributed by atoms with Crippen molar-refractivity contribution in [3.05, 3.63) is 65.7 Å². The molecule has 1 unspecified atom stereocenters. The third kappa shape index (κ3) is 4.67. The number of ether oxygens (including phenoxy) is 4. The van der Waals surface area contributed by atoms with E-state index in [4.69, 9.17) is 18.9 Å². The van der Waals surface area contributed by atoms with Gasteiger partial charge in [0.05, 0.1) is 14.2 Å². The first-order valence-electron chi connectivity index (χ1n) is 9.14. The molecule has 5 nitrogen and oxygen atoms in total. The van der Waals surface area contributed by atoms with E-state index in [9.17, 15) is 4.79 Å². The normalized spacial score (nSPS) is 13.2. The van der Waals surface area contributed by atoms with Crippen molar-refractivity contribution in [2.45, 2.75) is 32.0 Å². The van der Waals surface area contributed by atoms with Crippen molar-refractivity contribution >= 4 is 5.97 Å². The number of carbonyl (C=O) groups is 1. The molecule has 2 rings (SSSR count). The van der Waals surface area contributed by atoms with Crippen LogP contribution in [0.25, 0.3) is 0 Å². The van der Waals surface area contributed by atoms with E-state index in [1.165, 1.54) is 7.11 Å². The first-order chi connectivity index (χ1) is 13.1. The Kier molecular flexibility index (Phi) is 7.82. The highest BCUT2D eigenvalue weighted by Crippen LogP contribution is 2.39. The van der Waals surface area contributed by atoms with Crippen LogP contribution in [0.4, 0.5) is 0 Å². The van der Waals surface area contributed by atoms with Crippen LogP contribution in [0.15, 0.2) is 54.6 Å². The number of hydrogen-bond acceptors (Lipinski definition) is 5. The van der Waals surface area contributed by atoms with Crippen LogP contribution in [0.3, 0.4) is 0 Å². The van der Waals surface area contributed by atoms with E-state index in [2.05, 4.69) is 0 Å². The molecule has 0 bridgehead atoms. The van der Waals surface area contributed by atoms with Crippen LogP contribution in [0.1, 0.15) is 31.4 Å². The van der Waals surface area contributed by atoms with Gasteiger partial charge in [-0.1, -0.05) is 42.5 Å². The molecule has 0 aliphatic carbocycles. The smallest absolute Gasteiger partial charge is 0.321 e. The Labute approximate surface area is 161 Å². The molecule has 5 heteroatoms. The molecule has 2 aromatic carbocycles. The van der Waals surface area contributed by atoms with Crippen LogP contribution in [0, 0.1) is 0 Å². The van der Waals surface area contributed by atoms with Gasteiger partial charge in [0.1, 0.15) is 11.2 Å². The molecule has 146 valence electrons. The molecule has 0 aliphatic heterocycles. The fourth-order valence-corrected chi connectivity index (χ4v) is 3.28. The van der Waals surface area contributed by atoms with Gasteiger partial charge >= 0.3 is 5.97 Å². The van der Waals surface area contributed by atoms with Gasteiger partial charge in [-0.25, -0.2) is 0 Å². The zero-order valence-electron chi connectivity index (χ0n) is 16.4. The number of carbonyl (C=O) groups excluding carboxylic acids is 1. The quantitative estimate of drug-likeness (QED) is 0.467. The van der Waals surface area contributed by atoms with E-state index in [1.807, 2.05) is 68.4 Å². The van der Waals surface area contributed by atoms with E-state index in [1.54, 1.807) is 7.11 Å². The summed E-state index contributed by atoms with van der Waals surface area (Å²) in [7, 11) is 3.01. The molecular formula is C22H28O5. The van der Waals surface area contributed by atoms with E-state index in [0.717, 1.165) is 16.9 Å². The average Bonchev–Trinajstić information content (AvgIpc) is 2.72. The molecule has 0 spiro atoms. The molecule has 2 aromatic rings. The summed E-state index contributed by atoms with van der Waals surface area (Å²) in [6.45, 7) is 4.78. The lowest BCUT2D eigenvalue weighted by atomic mass is 9.71. The Morgan fingerprint density at radius 3 is 1.93 bits per heavy atom. The Bertz CT molecular complexity index is 692. The topological polar surface area (TPSA) is 54.0 Å². The van der Waals surface area contributed by atoms with Crippen molar-refractivity contribution in [2.24, 2.45) is 0 Å². The molecule has 0 saturated carbocycles. The van der Waals surface area contributed by atoms with Gasteiger partial charge in [0, 0.05) is 19.6 Å². The number of benzene rings is 2. The number of esters is 1. The van der Waals surface area contributed by atoms with Gasteiger partial charge in [0.2, 0.25) is 0 Å². The standard InChI is InChI=1S/C22H28O5/c1-5-26-20(27-6-2)16-22(21(23)25-4,17-10-8-7-9-11-17)18-12-14-19(24-3)15-13-18/h7-15,20H,5-6,16H2,1-4H3. The molecule has 0 saturated heterocycles. The largest absolute Gasteiger partial charge is 0.497 e. The average molecular weight is 372 g/mol. The summed E-state index contributed by atoms with van der Waals surface area (Å²) < 4.78 is 22.1. The van der Waals surface area contributed by atoms with Crippen LogP contribution >= 0.6 is 0 Å². The highest BCUT2D eigenvalue weighted by atomic mass is 16.7. The minimum absolute atomic E-state index is 0.303. The first kappa shape index (κ1) is 20.9. The number of methoxy groups -OCH3 is 2. The van der Waals surface area contributed by atoms with Crippen molar-refractivity contribution in [3.63, 3.8) is 0 Å². The van der Waals surface area contributed by atoms with Crippen LogP contribution in [0.2, 0.25) is 0 Å². The highest BCUT2D eigenvalue weighted by Gasteiger charge is 2.45. The maximum atomic E-state index is 13.2. The lowest BCUT2D eigenvalue weighted by molar-refractivity contribution is -0.164. The molecule has 0 radical (unpaired) electrons. The Morgan fingerprint density at radius 2 is 1.44 bits per heavy atom. The summed E-state index contributed by atoms with van der Waals surface area (Å²) in [5.74, 6) is 0.361. The van der Waals surface area contributed by atoms with Crippen molar-refractivity contribution in [1.29, 1.82) is 0 Å². The Balaban J connectivity index is 2.63. The van der Waals surface area contributed by atoms with Crippen LogP contribution < -0.4 is 4.74 Å². The van der Waals surface area contributed by atoms with Gasteiger partial charge in [-0.15, -0.1) is 0 Å². The zero-order chi connectivity index (χ0) is 19.7. The Hall–Kier alpha value is -2.37. The van der Waals surface area contributed by atoms with E-state index >= 15 is 0 Å². The Morgan fingerprint density at radius 1 is 0.889 bits per heavy atom. The lowest BCUT2D eigenvalue weighted by Crippen LogP contribution is -2.42. The van der Waals surface area contributed by atoms with Gasteiger partial charge < -0.3 is 18.9 Å². The van der Waals surface area contributed by atoms with Crippen LogP contribution in [-0.4, -0.2) is 39.7 Å². The predicted octanol–water partition coefficient (Wildman–Crippen LogP) is 3.94. The molecular weight excluding hydrogens is 344 g/mol. The molecule has 1 atom stereocenters. The highest BCUT2D eigenvalue weighted by molar-refractivity contribution is 5.87. The third-order valence-electron chi connectivity index (χ3n) is 4.56. The van der Waals surface area contributed by atoms with Gasteiger partial charge in [0.15, 0.2) is 6.29 Å². The predicted molar refractivity (Wildman–Crippen MR) is 104 cm³/mol. The molecule has 0 heterocycles. The molecule has 27 heavy (non-hydrogen) atoms. The van der Waals surface area contributed by atoms with E-state index in [-0.39, 0.29) is 5.97 Å². The van der Waals surface area contributed by atoms with Crippen molar-refractivity contribution in [3.8, 4) is 5.75 Å². The monoisotopic (exact) mass is 372 g/mol. The maximum absolute atomic E-state index is 13.2. The second-order valence-corrected chi connectivity index (χ2v) is 6.04. The number of rotatable bonds is 10. The molecule has 0 fully saturated rings. The molecule has 0 amide bonds. The fraction of sp³-hybridized carbons (Fsp3) is 0.409. The summed E-state index contributed by atoms with van der Waals surface area (Å²) in [6.07, 6.45) is -0.237. The fourth-order valence-electron chi connectivity index (χ4n) is 3.28. The summed E-state index contributed by atoms with van der Waals surface area (Å²) in [4.78, 5) is 13.2. The van der Waals surface area contributed by atoms with Gasteiger partial charge in [-0.05, 0) is 37.1 Å². The van der Waals surface area contributed by atoms with Gasteiger partial charge in [-0.3, -0.25) is 4.79 Å². The summed E-state index contributed by atoms with van der Waals surface area (Å²) >= 11 is 0. The maximum Gasteiger partial charge on any atom is 0.321 e. The van der Waals surface area contributed by atoms with Crippen molar-refractivity contribution in [2.75, 3.05) is 27.4 Å². The zero-order valence-corrected chi connectivity index (χ0v) is 16.4. The third-order valence-corrected chi connectivity index (χ3v) is 4.56. The minimum Gasteiger partial charge on any atom is -0.497 e. The van der Waals surface area contributed by atoms with E-state index in [0.29, 0.717) is 19.6 Å². The molecule has 0 N–H and O–H groups in total. The van der Waals surface area contributed by atoms with Crippen LogP contribution in [-0.2, 0) is 24.4 Å². The second-order valence-electron chi connectivity index (χ2n) is 6.04. The van der Waals surface area contributed by atoms with E-state index < -0.39 is 11.7 Å². The first-order valence-corrected chi connectivity index (χ1v) is 9.14. The molecule has 0 aromatic heterocycles. The SMILES string of the molecule is CCOC(CC(C(=O)OC)(c1ccccc1)c1ccc(OC)cc1)OCC. The molecule has 0 aliphatic rings. The van der Waals surface area contributed by atoms with Crippen molar-refractivity contribution in [1.82, 2.24) is 0 Å². The summed E-state index contributed by atoms with van der Waals surface area (Å²) in [5.41, 5.74) is 0.564. The van der Waals surface area contributed by atoms with Gasteiger partial charge in [-0.2, -0.15) is 0 Å².